The smallest absolute Gasteiger partial charge is 0.231 e. The van der Waals surface area contributed by atoms with Crippen LogP contribution in [0.25, 0.3) is 0 Å². The maximum Gasteiger partial charge on any atom is 0.231 e. The molecule has 1 unspecified atom stereocenters. The van der Waals surface area contributed by atoms with Gasteiger partial charge in [-0.05, 0) is 0 Å². The largest absolute Gasteiger partial charge is 0.454 e. The maximum atomic E-state index is 13.5. The molecule has 1 atom stereocenters. The average Bonchev–Trinajstić information content (AvgIpc) is 2.72. The van der Waals surface area contributed by atoms with Gasteiger partial charge in [0, 0.05) is 18.7 Å². The van der Waals surface area contributed by atoms with E-state index in [1.165, 1.54) is 12.1 Å². The molecule has 3 N–H and O–H groups in total. The average molecular weight is 229 g/mol. The first-order valence-electron chi connectivity index (χ1n) is 4.82. The van der Waals surface area contributed by atoms with Gasteiger partial charge in [-0.3, -0.25) is 0 Å². The quantitative estimate of drug-likeness (QED) is 0.693. The lowest BCUT2D eigenvalue weighted by Crippen LogP contribution is -2.23. The highest BCUT2D eigenvalue weighted by atomic mass is 19.1. The molecular weight excluding hydrogens is 217 g/mol. The van der Waals surface area contributed by atoms with Crippen molar-refractivity contribution in [1.29, 1.82) is 0 Å². The van der Waals surface area contributed by atoms with E-state index in [4.69, 9.17) is 19.7 Å². The van der Waals surface area contributed by atoms with Crippen molar-refractivity contribution < 1.29 is 24.1 Å². The molecule has 1 aliphatic heterocycles. The molecule has 1 aliphatic rings. The second-order valence-corrected chi connectivity index (χ2v) is 3.40. The molecule has 1 heterocycles. The predicted octanol–water partition coefficient (Wildman–Crippen LogP) is 0.319. The zero-order chi connectivity index (χ0) is 11.5. The zero-order valence-corrected chi connectivity index (χ0v) is 8.44. The van der Waals surface area contributed by atoms with Gasteiger partial charge in [-0.15, -0.1) is 0 Å². The highest BCUT2D eigenvalue weighted by Gasteiger charge is 2.17. The summed E-state index contributed by atoms with van der Waals surface area (Å²) in [6, 6.07) is 2.68. The molecule has 0 saturated carbocycles. The molecule has 6 heteroatoms. The van der Waals surface area contributed by atoms with Crippen molar-refractivity contribution in [2.75, 3.05) is 25.3 Å². The summed E-state index contributed by atoms with van der Waals surface area (Å²) in [6.07, 6.45) is -0.926. The van der Waals surface area contributed by atoms with E-state index in [2.05, 4.69) is 5.32 Å². The SMILES string of the molecule is OCC(O)CNc1cc2c(cc1F)OCO2. The minimum Gasteiger partial charge on any atom is -0.454 e. The van der Waals surface area contributed by atoms with Gasteiger partial charge < -0.3 is 25.0 Å². The molecular formula is C10H12FNO4. The Morgan fingerprint density at radius 2 is 2.06 bits per heavy atom. The normalized spacial score (nSPS) is 14.9. The van der Waals surface area contributed by atoms with E-state index in [0.29, 0.717) is 11.5 Å². The zero-order valence-electron chi connectivity index (χ0n) is 8.44. The van der Waals surface area contributed by atoms with Gasteiger partial charge in [0.2, 0.25) is 6.79 Å². The van der Waals surface area contributed by atoms with Crippen LogP contribution in [-0.2, 0) is 0 Å². The van der Waals surface area contributed by atoms with Gasteiger partial charge in [0.25, 0.3) is 0 Å². The predicted molar refractivity (Wildman–Crippen MR) is 54.1 cm³/mol. The molecule has 0 fully saturated rings. The summed E-state index contributed by atoms with van der Waals surface area (Å²) in [4.78, 5) is 0. The van der Waals surface area contributed by atoms with Crippen molar-refractivity contribution in [1.82, 2.24) is 0 Å². The number of benzene rings is 1. The number of hydrogen-bond acceptors (Lipinski definition) is 5. The Morgan fingerprint density at radius 1 is 1.38 bits per heavy atom. The van der Waals surface area contributed by atoms with E-state index < -0.39 is 11.9 Å². The molecule has 0 amide bonds. The molecule has 5 nitrogen and oxygen atoms in total. The van der Waals surface area contributed by atoms with Gasteiger partial charge in [0.15, 0.2) is 11.5 Å². The third-order valence-electron chi connectivity index (χ3n) is 2.20. The number of nitrogens with one attached hydrogen (secondary N) is 1. The van der Waals surface area contributed by atoms with Gasteiger partial charge in [-0.1, -0.05) is 0 Å². The summed E-state index contributed by atoms with van der Waals surface area (Å²) in [5, 5.41) is 20.4. The summed E-state index contributed by atoms with van der Waals surface area (Å²) in [5.74, 6) is 0.336. The molecule has 0 aliphatic carbocycles. The van der Waals surface area contributed by atoms with Crippen molar-refractivity contribution in [3.63, 3.8) is 0 Å². The van der Waals surface area contributed by atoms with Crippen LogP contribution in [0.3, 0.4) is 0 Å². The summed E-state index contributed by atoms with van der Waals surface area (Å²) in [5.41, 5.74) is 0.205. The Hall–Kier alpha value is -1.53. The van der Waals surface area contributed by atoms with Gasteiger partial charge in [-0.25, -0.2) is 4.39 Å². The molecule has 0 spiro atoms. The number of anilines is 1. The van der Waals surface area contributed by atoms with Crippen LogP contribution >= 0.6 is 0 Å². The molecule has 88 valence electrons. The van der Waals surface area contributed by atoms with E-state index in [0.717, 1.165) is 0 Å². The number of halogens is 1. The lowest BCUT2D eigenvalue weighted by molar-refractivity contribution is 0.105. The molecule has 0 saturated heterocycles. The summed E-state index contributed by atoms with van der Waals surface area (Å²) < 4.78 is 23.5. The number of rotatable bonds is 4. The minimum absolute atomic E-state index is 0.0626. The number of aliphatic hydroxyl groups is 2. The summed E-state index contributed by atoms with van der Waals surface area (Å²) >= 11 is 0. The number of ether oxygens (including phenoxy) is 2. The van der Waals surface area contributed by atoms with Gasteiger partial charge in [0.05, 0.1) is 18.4 Å². The van der Waals surface area contributed by atoms with Crippen molar-refractivity contribution >= 4 is 5.69 Å². The second kappa shape index (κ2) is 4.54. The van der Waals surface area contributed by atoms with Crippen LogP contribution in [0.15, 0.2) is 12.1 Å². The van der Waals surface area contributed by atoms with Gasteiger partial charge in [0.1, 0.15) is 5.82 Å². The maximum absolute atomic E-state index is 13.5. The van der Waals surface area contributed by atoms with Crippen LogP contribution in [0.2, 0.25) is 0 Å². The molecule has 1 aromatic carbocycles. The summed E-state index contributed by atoms with van der Waals surface area (Å²) in [6.45, 7) is -0.232. The number of aliphatic hydroxyl groups excluding tert-OH is 2. The van der Waals surface area contributed by atoms with E-state index in [-0.39, 0.29) is 25.6 Å². The molecule has 0 bridgehead atoms. The lowest BCUT2D eigenvalue weighted by Gasteiger charge is -2.11. The van der Waals surface area contributed by atoms with Crippen molar-refractivity contribution in [2.24, 2.45) is 0 Å². The first kappa shape index (κ1) is 11.0. The third kappa shape index (κ3) is 2.17. The fourth-order valence-electron chi connectivity index (χ4n) is 1.34. The Bertz CT molecular complexity index is 385. The third-order valence-corrected chi connectivity index (χ3v) is 2.20. The van der Waals surface area contributed by atoms with Crippen molar-refractivity contribution in [3.8, 4) is 11.5 Å². The van der Waals surface area contributed by atoms with Crippen LogP contribution in [-0.4, -0.2) is 36.3 Å². The molecule has 1 aromatic rings. The second-order valence-electron chi connectivity index (χ2n) is 3.40. The van der Waals surface area contributed by atoms with E-state index in [1.807, 2.05) is 0 Å². The van der Waals surface area contributed by atoms with Crippen LogP contribution in [0.1, 0.15) is 0 Å². The Labute approximate surface area is 91.4 Å². The van der Waals surface area contributed by atoms with E-state index in [1.54, 1.807) is 0 Å². The van der Waals surface area contributed by atoms with Crippen LogP contribution < -0.4 is 14.8 Å². The lowest BCUT2D eigenvalue weighted by atomic mass is 10.2. The van der Waals surface area contributed by atoms with E-state index in [9.17, 15) is 4.39 Å². The van der Waals surface area contributed by atoms with Gasteiger partial charge in [-0.2, -0.15) is 0 Å². The topological polar surface area (TPSA) is 71.0 Å². The molecule has 2 rings (SSSR count). The number of fused-ring (bicyclic) bond motifs is 1. The van der Waals surface area contributed by atoms with Crippen molar-refractivity contribution in [3.05, 3.63) is 17.9 Å². The Kier molecular flexibility index (Phi) is 3.12. The minimum atomic E-state index is -0.926. The number of hydrogen-bond donors (Lipinski definition) is 3. The van der Waals surface area contributed by atoms with Crippen LogP contribution in [0.5, 0.6) is 11.5 Å². The molecule has 0 radical (unpaired) electrons. The summed E-state index contributed by atoms with van der Waals surface area (Å²) in [7, 11) is 0. The van der Waals surface area contributed by atoms with Gasteiger partial charge >= 0.3 is 0 Å². The first-order valence-corrected chi connectivity index (χ1v) is 4.82. The first-order chi connectivity index (χ1) is 7.70. The molecule has 0 aromatic heterocycles. The highest BCUT2D eigenvalue weighted by Crippen LogP contribution is 2.36. The van der Waals surface area contributed by atoms with E-state index >= 15 is 0 Å². The fourth-order valence-corrected chi connectivity index (χ4v) is 1.34. The highest BCUT2D eigenvalue weighted by molar-refractivity contribution is 5.56. The molecule has 16 heavy (non-hydrogen) atoms. The fraction of sp³-hybridized carbons (Fsp3) is 0.400. The van der Waals surface area contributed by atoms with Crippen molar-refractivity contribution in [2.45, 2.75) is 6.10 Å². The monoisotopic (exact) mass is 229 g/mol. The van der Waals surface area contributed by atoms with Crippen LogP contribution in [0.4, 0.5) is 10.1 Å². The van der Waals surface area contributed by atoms with Crippen LogP contribution in [0, 0.1) is 5.82 Å². The standard InChI is InChI=1S/C10H12FNO4/c11-7-1-9-10(16-5-15-9)2-8(7)12-3-6(14)4-13/h1-2,6,12-14H,3-5H2. The Morgan fingerprint density at radius 3 is 2.75 bits per heavy atom. The Balaban J connectivity index is 2.09.